The van der Waals surface area contributed by atoms with E-state index in [1.54, 1.807) is 0 Å². The summed E-state index contributed by atoms with van der Waals surface area (Å²) in [6.07, 6.45) is 43.7. The minimum Gasteiger partial charge on any atom is -0.394 e. The Balaban J connectivity index is 2.19. The molecule has 1 aliphatic rings. The largest absolute Gasteiger partial charge is 0.394 e. The van der Waals surface area contributed by atoms with E-state index in [0.29, 0.717) is 12.8 Å². The van der Waals surface area contributed by atoms with Crippen molar-refractivity contribution in [1.82, 2.24) is 5.32 Å². The number of allylic oxidation sites excluding steroid dienone is 2. The van der Waals surface area contributed by atoms with E-state index in [1.807, 2.05) is 0 Å². The molecule has 7 atom stereocenters. The fourth-order valence-electron chi connectivity index (χ4n) is 8.63. The van der Waals surface area contributed by atoms with Crippen LogP contribution in [0.25, 0.3) is 0 Å². The average molecular weight is 868 g/mol. The third-order valence-corrected chi connectivity index (χ3v) is 12.9. The number of hydrogen-bond donors (Lipinski definition) is 6. The fraction of sp³-hybridized carbons (Fsp3) is 0.942. The Labute approximate surface area is 376 Å². The highest BCUT2D eigenvalue weighted by atomic mass is 16.7. The summed E-state index contributed by atoms with van der Waals surface area (Å²) in [7, 11) is 0. The van der Waals surface area contributed by atoms with Crippen LogP contribution in [-0.2, 0) is 14.3 Å². The van der Waals surface area contributed by atoms with Gasteiger partial charge in [0.2, 0.25) is 5.91 Å². The Bertz CT molecular complexity index is 966. The zero-order chi connectivity index (χ0) is 44.4. The lowest BCUT2D eigenvalue weighted by molar-refractivity contribution is -0.302. The van der Waals surface area contributed by atoms with Gasteiger partial charge in [-0.1, -0.05) is 225 Å². The summed E-state index contributed by atoms with van der Waals surface area (Å²) in [4.78, 5) is 13.0. The summed E-state index contributed by atoms with van der Waals surface area (Å²) in [5.74, 6) is -0.141. The van der Waals surface area contributed by atoms with Crippen molar-refractivity contribution in [2.45, 2.75) is 301 Å². The van der Waals surface area contributed by atoms with E-state index in [9.17, 15) is 30.3 Å². The molecule has 1 heterocycles. The molecule has 0 aliphatic carbocycles. The van der Waals surface area contributed by atoms with Crippen LogP contribution >= 0.6 is 0 Å². The number of nitrogens with one attached hydrogen (secondary N) is 1. The van der Waals surface area contributed by atoms with E-state index < -0.39 is 49.5 Å². The summed E-state index contributed by atoms with van der Waals surface area (Å²) in [5.41, 5.74) is 0. The van der Waals surface area contributed by atoms with Crippen molar-refractivity contribution in [2.75, 3.05) is 13.2 Å². The second-order valence-electron chi connectivity index (χ2n) is 18.7. The molecule has 0 aromatic rings. The summed E-state index contributed by atoms with van der Waals surface area (Å²) < 4.78 is 11.3. The molecule has 362 valence electrons. The third-order valence-electron chi connectivity index (χ3n) is 12.9. The van der Waals surface area contributed by atoms with E-state index in [4.69, 9.17) is 9.47 Å². The predicted octanol–water partition coefficient (Wildman–Crippen LogP) is 12.1. The lowest BCUT2D eigenvalue weighted by Crippen LogP contribution is -2.60. The quantitative estimate of drug-likeness (QED) is 0.0262. The predicted molar refractivity (Wildman–Crippen MR) is 254 cm³/mol. The minimum absolute atomic E-state index is 0.134. The van der Waals surface area contributed by atoms with Crippen LogP contribution in [0.2, 0.25) is 0 Å². The second-order valence-corrected chi connectivity index (χ2v) is 18.7. The zero-order valence-electron chi connectivity index (χ0n) is 39.9. The SMILES string of the molecule is CCCCCCCCCC/C=C\CCCCCCCCCCCCCCCC(=O)NC(COC1OC(CO)C(O)C(O)C1O)C(O)CCCCCCCCCCCCCCC. The van der Waals surface area contributed by atoms with Crippen molar-refractivity contribution in [2.24, 2.45) is 0 Å². The van der Waals surface area contributed by atoms with Crippen molar-refractivity contribution in [3.8, 4) is 0 Å². The van der Waals surface area contributed by atoms with Crippen LogP contribution in [0.5, 0.6) is 0 Å². The van der Waals surface area contributed by atoms with E-state index in [1.165, 1.54) is 193 Å². The van der Waals surface area contributed by atoms with Crippen LogP contribution in [0.1, 0.15) is 258 Å². The van der Waals surface area contributed by atoms with Gasteiger partial charge in [-0.05, 0) is 38.5 Å². The number of aliphatic hydroxyl groups excluding tert-OH is 5. The fourth-order valence-corrected chi connectivity index (χ4v) is 8.63. The number of rotatable bonds is 45. The van der Waals surface area contributed by atoms with Gasteiger partial charge in [0.15, 0.2) is 6.29 Å². The van der Waals surface area contributed by atoms with Crippen LogP contribution in [0.15, 0.2) is 12.2 Å². The summed E-state index contributed by atoms with van der Waals surface area (Å²) in [6, 6.07) is -0.714. The maximum absolute atomic E-state index is 13.0. The van der Waals surface area contributed by atoms with Gasteiger partial charge in [-0.15, -0.1) is 0 Å². The Hall–Kier alpha value is -1.07. The smallest absolute Gasteiger partial charge is 0.220 e. The van der Waals surface area contributed by atoms with E-state index in [-0.39, 0.29) is 12.5 Å². The molecule has 9 heteroatoms. The standard InChI is InChI=1S/C52H101NO8/c1-3-5-7-9-11-13-15-17-18-19-20-21-22-23-24-25-26-27-28-30-32-34-36-38-40-42-48(56)53-45(44-60-52-51(59)50(58)49(57)47(43-54)61-52)46(55)41-39-37-35-33-31-29-16-14-12-10-8-6-4-2/h19-20,45-47,49-52,54-55,57-59H,3-18,21-44H2,1-2H3,(H,53,56)/b20-19-. The normalized spacial score (nSPS) is 20.4. The molecule has 7 unspecified atom stereocenters. The first kappa shape index (κ1) is 57.9. The molecule has 0 bridgehead atoms. The third kappa shape index (κ3) is 33.1. The highest BCUT2D eigenvalue weighted by Gasteiger charge is 2.44. The molecule has 1 fully saturated rings. The second kappa shape index (κ2) is 42.9. The first-order valence-electron chi connectivity index (χ1n) is 26.4. The molecule has 9 nitrogen and oxygen atoms in total. The molecule has 61 heavy (non-hydrogen) atoms. The maximum atomic E-state index is 13.0. The van der Waals surface area contributed by atoms with Crippen molar-refractivity contribution in [3.05, 3.63) is 12.2 Å². The van der Waals surface area contributed by atoms with Crippen molar-refractivity contribution in [1.29, 1.82) is 0 Å². The summed E-state index contributed by atoms with van der Waals surface area (Å²) in [6.45, 7) is 3.85. The van der Waals surface area contributed by atoms with Crippen LogP contribution in [0.3, 0.4) is 0 Å². The molecule has 0 radical (unpaired) electrons. The van der Waals surface area contributed by atoms with Gasteiger partial charge in [-0.25, -0.2) is 0 Å². The number of unbranched alkanes of at least 4 members (excludes halogenated alkanes) is 33. The maximum Gasteiger partial charge on any atom is 0.220 e. The first-order chi connectivity index (χ1) is 29.8. The Morgan fingerprint density at radius 1 is 0.541 bits per heavy atom. The van der Waals surface area contributed by atoms with Gasteiger partial charge in [0.25, 0.3) is 0 Å². The van der Waals surface area contributed by atoms with Gasteiger partial charge in [-0.3, -0.25) is 4.79 Å². The molecule has 0 spiro atoms. The molecular formula is C52H101NO8. The molecular weight excluding hydrogens is 767 g/mol. The molecule has 0 saturated carbocycles. The van der Waals surface area contributed by atoms with Crippen molar-refractivity contribution < 1.29 is 39.8 Å². The number of hydrogen-bond acceptors (Lipinski definition) is 8. The van der Waals surface area contributed by atoms with E-state index in [2.05, 4.69) is 31.3 Å². The van der Waals surface area contributed by atoms with Gasteiger partial charge in [0.1, 0.15) is 24.4 Å². The number of carbonyl (C=O) groups excluding carboxylic acids is 1. The lowest BCUT2D eigenvalue weighted by Gasteiger charge is -2.40. The average Bonchev–Trinajstić information content (AvgIpc) is 3.26. The first-order valence-corrected chi connectivity index (χ1v) is 26.4. The molecule has 0 aromatic carbocycles. The Kier molecular flexibility index (Phi) is 40.7. The van der Waals surface area contributed by atoms with E-state index >= 15 is 0 Å². The topological polar surface area (TPSA) is 149 Å². The highest BCUT2D eigenvalue weighted by Crippen LogP contribution is 2.23. The van der Waals surface area contributed by atoms with Gasteiger partial charge in [0.05, 0.1) is 25.4 Å². The lowest BCUT2D eigenvalue weighted by atomic mass is 9.99. The van der Waals surface area contributed by atoms with Crippen LogP contribution in [0, 0.1) is 0 Å². The highest BCUT2D eigenvalue weighted by molar-refractivity contribution is 5.76. The van der Waals surface area contributed by atoms with Crippen LogP contribution < -0.4 is 5.32 Å². The van der Waals surface area contributed by atoms with Crippen LogP contribution in [0.4, 0.5) is 0 Å². The Morgan fingerprint density at radius 2 is 0.918 bits per heavy atom. The number of carbonyl (C=O) groups is 1. The summed E-state index contributed by atoms with van der Waals surface area (Å²) >= 11 is 0. The van der Waals surface area contributed by atoms with Gasteiger partial charge >= 0.3 is 0 Å². The van der Waals surface area contributed by atoms with E-state index in [0.717, 1.165) is 38.5 Å². The number of amides is 1. The monoisotopic (exact) mass is 868 g/mol. The molecule has 1 saturated heterocycles. The number of ether oxygens (including phenoxy) is 2. The molecule has 1 aliphatic heterocycles. The van der Waals surface area contributed by atoms with Crippen LogP contribution in [-0.4, -0.2) is 87.5 Å². The Morgan fingerprint density at radius 3 is 1.33 bits per heavy atom. The van der Waals surface area contributed by atoms with Gasteiger partial charge in [-0.2, -0.15) is 0 Å². The summed E-state index contributed by atoms with van der Waals surface area (Å²) in [5, 5.41) is 54.5. The van der Waals surface area contributed by atoms with Crippen molar-refractivity contribution >= 4 is 5.91 Å². The number of aliphatic hydroxyl groups is 5. The van der Waals surface area contributed by atoms with Gasteiger partial charge in [0, 0.05) is 6.42 Å². The molecule has 0 aromatic heterocycles. The van der Waals surface area contributed by atoms with Gasteiger partial charge < -0.3 is 40.3 Å². The molecule has 1 rings (SSSR count). The molecule has 1 amide bonds. The van der Waals surface area contributed by atoms with Crippen molar-refractivity contribution in [3.63, 3.8) is 0 Å². The minimum atomic E-state index is -1.55. The zero-order valence-corrected chi connectivity index (χ0v) is 39.9. The molecule has 6 N–H and O–H groups in total.